The van der Waals surface area contributed by atoms with E-state index in [1.165, 1.54) is 0 Å². The summed E-state index contributed by atoms with van der Waals surface area (Å²) in [5, 5.41) is 6.36. The third-order valence-electron chi connectivity index (χ3n) is 4.38. The molecule has 3 heterocycles. The van der Waals surface area contributed by atoms with E-state index in [-0.39, 0.29) is 6.10 Å². The number of aromatic amines is 1. The number of aromatic nitrogens is 2. The first-order valence-electron chi connectivity index (χ1n) is 9.19. The van der Waals surface area contributed by atoms with Crippen LogP contribution in [0.3, 0.4) is 0 Å². The van der Waals surface area contributed by atoms with Gasteiger partial charge >= 0.3 is 5.76 Å². The number of pyridine rings is 1. The molecule has 1 aliphatic rings. The molecule has 150 valence electrons. The second-order valence-electron chi connectivity index (χ2n) is 7.10. The van der Waals surface area contributed by atoms with Gasteiger partial charge in [0.15, 0.2) is 5.58 Å². The number of H-pyrrole nitrogens is 1. The first-order chi connectivity index (χ1) is 13.8. The van der Waals surface area contributed by atoms with E-state index in [9.17, 15) is 4.79 Å². The molecule has 5 N–H and O–H groups in total. The molecule has 1 aromatic carbocycles. The number of ether oxygens (including phenoxy) is 1. The van der Waals surface area contributed by atoms with Crippen LogP contribution in [-0.4, -0.2) is 21.9 Å². The van der Waals surface area contributed by atoms with Crippen molar-refractivity contribution in [1.29, 1.82) is 0 Å². The van der Waals surface area contributed by atoms with Gasteiger partial charge in [-0.3, -0.25) is 10.7 Å². The van der Waals surface area contributed by atoms with E-state index in [2.05, 4.69) is 25.6 Å². The van der Waals surface area contributed by atoms with Gasteiger partial charge in [-0.25, -0.2) is 14.8 Å². The highest BCUT2D eigenvalue weighted by molar-refractivity contribution is 6.08. The fourth-order valence-corrected chi connectivity index (χ4v) is 2.94. The smallest absolute Gasteiger partial charge is 0.417 e. The maximum atomic E-state index is 11.4. The van der Waals surface area contributed by atoms with Gasteiger partial charge in [-0.05, 0) is 45.0 Å². The Morgan fingerprint density at radius 3 is 2.83 bits per heavy atom. The summed E-state index contributed by atoms with van der Waals surface area (Å²) in [6, 6.07) is 8.88. The molecule has 1 atom stereocenters. The first-order valence-corrected chi connectivity index (χ1v) is 9.19. The molecule has 0 saturated carbocycles. The molecule has 0 radical (unpaired) electrons. The molecule has 3 aromatic rings. The van der Waals surface area contributed by atoms with Crippen LogP contribution in [0.5, 0.6) is 5.88 Å². The van der Waals surface area contributed by atoms with Crippen LogP contribution >= 0.6 is 0 Å². The van der Waals surface area contributed by atoms with Crippen LogP contribution < -0.4 is 26.9 Å². The van der Waals surface area contributed by atoms with Gasteiger partial charge in [0.05, 0.1) is 11.6 Å². The van der Waals surface area contributed by atoms with Crippen LogP contribution in [0.1, 0.15) is 26.3 Å². The van der Waals surface area contributed by atoms with Gasteiger partial charge in [-0.2, -0.15) is 0 Å². The van der Waals surface area contributed by atoms with Crippen LogP contribution in [-0.2, 0) is 5.79 Å². The molecular weight excluding hydrogens is 372 g/mol. The molecule has 0 aliphatic carbocycles. The number of benzene rings is 1. The first kappa shape index (κ1) is 18.8. The van der Waals surface area contributed by atoms with Gasteiger partial charge in [-0.1, -0.05) is 0 Å². The Morgan fingerprint density at radius 2 is 2.10 bits per heavy atom. The summed E-state index contributed by atoms with van der Waals surface area (Å²) >= 11 is 0. The van der Waals surface area contributed by atoms with E-state index in [4.69, 9.17) is 14.9 Å². The van der Waals surface area contributed by atoms with E-state index in [0.717, 1.165) is 11.3 Å². The fourth-order valence-electron chi connectivity index (χ4n) is 2.94. The van der Waals surface area contributed by atoms with Crippen molar-refractivity contribution in [3.05, 3.63) is 64.4 Å². The number of aliphatic imine (C=N–C) groups is 1. The van der Waals surface area contributed by atoms with Gasteiger partial charge in [0.25, 0.3) is 0 Å². The Hall–Kier alpha value is -3.59. The largest absolute Gasteiger partial charge is 0.475 e. The maximum Gasteiger partial charge on any atom is 0.417 e. The SMILES string of the molecule is CC1=CNC(N)(c2ccc(OC(C)C)nc2)N=C1Nc1ccc2oc(=O)[nH]c2c1. The number of anilines is 1. The molecule has 1 unspecified atom stereocenters. The molecule has 9 nitrogen and oxygen atoms in total. The zero-order valence-electron chi connectivity index (χ0n) is 16.3. The van der Waals surface area contributed by atoms with Crippen molar-refractivity contribution in [2.24, 2.45) is 10.7 Å². The van der Waals surface area contributed by atoms with Crippen molar-refractivity contribution in [3.63, 3.8) is 0 Å². The second kappa shape index (κ2) is 7.10. The molecule has 0 amide bonds. The molecular formula is C20H22N6O3. The van der Waals surface area contributed by atoms with Crippen molar-refractivity contribution < 1.29 is 9.15 Å². The summed E-state index contributed by atoms with van der Waals surface area (Å²) in [6.45, 7) is 5.79. The van der Waals surface area contributed by atoms with Gasteiger partial charge in [0.2, 0.25) is 11.7 Å². The maximum absolute atomic E-state index is 11.4. The zero-order chi connectivity index (χ0) is 20.6. The Labute approximate surface area is 166 Å². The van der Waals surface area contributed by atoms with Crippen LogP contribution in [0.4, 0.5) is 5.69 Å². The minimum Gasteiger partial charge on any atom is -0.475 e. The third-order valence-corrected chi connectivity index (χ3v) is 4.38. The highest BCUT2D eigenvalue weighted by Crippen LogP contribution is 2.24. The molecule has 1 aliphatic heterocycles. The van der Waals surface area contributed by atoms with Gasteiger partial charge in [-0.15, -0.1) is 0 Å². The monoisotopic (exact) mass is 394 g/mol. The summed E-state index contributed by atoms with van der Waals surface area (Å²) in [6.07, 6.45) is 3.48. The number of amidine groups is 1. The van der Waals surface area contributed by atoms with Crippen molar-refractivity contribution in [1.82, 2.24) is 15.3 Å². The number of nitrogens with two attached hydrogens (primary N) is 1. The summed E-state index contributed by atoms with van der Waals surface area (Å²) in [5.41, 5.74) is 9.89. The quantitative estimate of drug-likeness (QED) is 0.534. The number of nitrogens with zero attached hydrogens (tertiary/aromatic N) is 2. The molecule has 2 aromatic heterocycles. The highest BCUT2D eigenvalue weighted by Gasteiger charge is 2.30. The average Bonchev–Trinajstić information content (AvgIpc) is 3.04. The van der Waals surface area contributed by atoms with Crippen molar-refractivity contribution in [2.45, 2.75) is 32.7 Å². The predicted molar refractivity (Wildman–Crippen MR) is 111 cm³/mol. The zero-order valence-corrected chi connectivity index (χ0v) is 16.3. The summed E-state index contributed by atoms with van der Waals surface area (Å²) in [5.74, 6) is -0.552. The lowest BCUT2D eigenvalue weighted by Crippen LogP contribution is -2.50. The lowest BCUT2D eigenvalue weighted by Gasteiger charge is -2.31. The van der Waals surface area contributed by atoms with E-state index >= 15 is 0 Å². The lowest BCUT2D eigenvalue weighted by molar-refractivity contribution is 0.232. The van der Waals surface area contributed by atoms with Crippen LogP contribution in [0.25, 0.3) is 11.1 Å². The van der Waals surface area contributed by atoms with Crippen molar-refractivity contribution >= 4 is 22.6 Å². The molecule has 29 heavy (non-hydrogen) atoms. The third kappa shape index (κ3) is 3.85. The number of hydrogen-bond acceptors (Lipinski definition) is 8. The van der Waals surface area contributed by atoms with Gasteiger partial charge < -0.3 is 19.8 Å². The lowest BCUT2D eigenvalue weighted by atomic mass is 10.1. The number of rotatable bonds is 4. The Kier molecular flexibility index (Phi) is 4.59. The summed E-state index contributed by atoms with van der Waals surface area (Å²) in [7, 11) is 0. The van der Waals surface area contributed by atoms with Gasteiger partial charge in [0, 0.05) is 35.3 Å². The van der Waals surface area contributed by atoms with E-state index < -0.39 is 11.5 Å². The second-order valence-corrected chi connectivity index (χ2v) is 7.10. The molecule has 9 heteroatoms. The minimum atomic E-state index is -1.18. The van der Waals surface area contributed by atoms with E-state index in [1.54, 1.807) is 36.7 Å². The molecule has 4 rings (SSSR count). The number of fused-ring (bicyclic) bond motifs is 1. The topological polar surface area (TPSA) is 131 Å². The molecule has 0 spiro atoms. The average molecular weight is 394 g/mol. The Balaban J connectivity index is 1.61. The van der Waals surface area contributed by atoms with Gasteiger partial charge in [0.1, 0.15) is 5.84 Å². The highest BCUT2D eigenvalue weighted by atomic mass is 16.5. The Morgan fingerprint density at radius 1 is 1.28 bits per heavy atom. The van der Waals surface area contributed by atoms with Crippen molar-refractivity contribution in [3.8, 4) is 5.88 Å². The van der Waals surface area contributed by atoms with Crippen LogP contribution in [0, 0.1) is 0 Å². The van der Waals surface area contributed by atoms with Crippen molar-refractivity contribution in [2.75, 3.05) is 5.32 Å². The summed E-state index contributed by atoms with van der Waals surface area (Å²) in [4.78, 5) is 23.0. The molecule has 0 saturated heterocycles. The standard InChI is InChI=1S/C20H22N6O3/c1-11(2)28-17-7-4-13(10-22-17)20(21)23-9-12(3)18(26-20)24-14-5-6-16-15(8-14)25-19(27)29-16/h4-11,23H,21H2,1-3H3,(H,24,26)(H,25,27). The van der Waals surface area contributed by atoms with Crippen LogP contribution in [0.2, 0.25) is 0 Å². The predicted octanol–water partition coefficient (Wildman–Crippen LogP) is 2.39. The summed E-state index contributed by atoms with van der Waals surface area (Å²) < 4.78 is 10.6. The van der Waals surface area contributed by atoms with Crippen LogP contribution in [0.15, 0.2) is 62.5 Å². The minimum absolute atomic E-state index is 0.0369. The normalized spacial score (nSPS) is 18.9. The van der Waals surface area contributed by atoms with E-state index in [0.29, 0.717) is 28.4 Å². The Bertz CT molecular complexity index is 1160. The number of oxazole rings is 1. The number of nitrogens with one attached hydrogen (secondary N) is 3. The fraction of sp³-hybridized carbons (Fsp3) is 0.250. The molecule has 0 bridgehead atoms. The number of hydrogen-bond donors (Lipinski definition) is 4. The molecule has 0 fully saturated rings. The van der Waals surface area contributed by atoms with E-state index in [1.807, 2.05) is 26.8 Å².